The van der Waals surface area contributed by atoms with Crippen molar-refractivity contribution in [2.24, 2.45) is 11.8 Å². The Labute approximate surface area is 124 Å². The van der Waals surface area contributed by atoms with Crippen LogP contribution in [0, 0.1) is 11.8 Å². The summed E-state index contributed by atoms with van der Waals surface area (Å²) in [6, 6.07) is 5.58. The number of rotatable bonds is 3. The number of fused-ring (bicyclic) bond motifs is 1. The summed E-state index contributed by atoms with van der Waals surface area (Å²) in [6.45, 7) is 4.06. The van der Waals surface area contributed by atoms with E-state index >= 15 is 0 Å². The normalized spacial score (nSPS) is 26.2. The molecule has 1 aromatic rings. The molecule has 1 saturated carbocycles. The number of carboxylic acid groups (broad SMARTS) is 1. The van der Waals surface area contributed by atoms with Crippen LogP contribution in [-0.4, -0.2) is 22.5 Å². The maximum atomic E-state index is 12.5. The second-order valence-electron chi connectivity index (χ2n) is 6.77. The fourth-order valence-corrected chi connectivity index (χ4v) is 3.44. The Morgan fingerprint density at radius 1 is 1.24 bits per heavy atom. The second-order valence-corrected chi connectivity index (χ2v) is 6.77. The first-order chi connectivity index (χ1) is 9.85. The first-order valence-corrected chi connectivity index (χ1v) is 7.45. The fraction of sp³-hybridized carbons (Fsp3) is 0.529. The first kappa shape index (κ1) is 14.1. The fourth-order valence-electron chi connectivity index (χ4n) is 3.44. The number of carbonyl (C=O) groups is 2. The van der Waals surface area contributed by atoms with Gasteiger partial charge in [0.05, 0.1) is 5.92 Å². The van der Waals surface area contributed by atoms with Gasteiger partial charge < -0.3 is 9.84 Å². The maximum Gasteiger partial charge on any atom is 0.306 e. The van der Waals surface area contributed by atoms with Gasteiger partial charge in [0.25, 0.3) is 0 Å². The quantitative estimate of drug-likeness (QED) is 0.868. The van der Waals surface area contributed by atoms with Crippen molar-refractivity contribution in [1.82, 2.24) is 0 Å². The number of carbonyl (C=O) groups excluding carboxylic acids is 1. The predicted molar refractivity (Wildman–Crippen MR) is 77.7 cm³/mol. The number of ether oxygens (including phenoxy) is 1. The molecule has 2 aliphatic rings. The summed E-state index contributed by atoms with van der Waals surface area (Å²) in [7, 11) is 0. The van der Waals surface area contributed by atoms with Crippen LogP contribution in [0.1, 0.15) is 49.0 Å². The molecule has 0 radical (unpaired) electrons. The topological polar surface area (TPSA) is 63.6 Å². The van der Waals surface area contributed by atoms with E-state index in [1.807, 2.05) is 26.0 Å². The van der Waals surface area contributed by atoms with Crippen molar-refractivity contribution in [2.75, 3.05) is 0 Å². The van der Waals surface area contributed by atoms with E-state index in [9.17, 15) is 9.59 Å². The number of ketones is 1. The SMILES string of the molecule is CC1(C)Cc2cc(C(=O)C3CCC(C(=O)O)C3)ccc2O1. The average molecular weight is 288 g/mol. The standard InChI is InChI=1S/C17H20O4/c1-17(2)9-13-8-11(5-6-14(13)21-17)15(18)10-3-4-12(7-10)16(19)20/h5-6,8,10,12H,3-4,7,9H2,1-2H3,(H,19,20). The van der Waals surface area contributed by atoms with E-state index in [1.165, 1.54) is 0 Å². The molecule has 0 saturated heterocycles. The first-order valence-electron chi connectivity index (χ1n) is 7.45. The van der Waals surface area contributed by atoms with Gasteiger partial charge in [-0.15, -0.1) is 0 Å². The predicted octanol–water partition coefficient (Wildman–Crippen LogP) is 3.08. The van der Waals surface area contributed by atoms with Crippen LogP contribution in [0.4, 0.5) is 0 Å². The molecule has 1 fully saturated rings. The Hall–Kier alpha value is -1.84. The molecular formula is C17H20O4. The van der Waals surface area contributed by atoms with Crippen molar-refractivity contribution in [3.8, 4) is 5.75 Å². The van der Waals surface area contributed by atoms with E-state index in [0.29, 0.717) is 24.8 Å². The lowest BCUT2D eigenvalue weighted by atomic mass is 9.92. The molecule has 1 N–H and O–H groups in total. The van der Waals surface area contributed by atoms with Crippen LogP contribution >= 0.6 is 0 Å². The Bertz CT molecular complexity index is 603. The Morgan fingerprint density at radius 3 is 2.62 bits per heavy atom. The largest absolute Gasteiger partial charge is 0.487 e. The third kappa shape index (κ3) is 2.67. The molecule has 1 aromatic carbocycles. The molecular weight excluding hydrogens is 268 g/mol. The van der Waals surface area contributed by atoms with E-state index in [2.05, 4.69) is 0 Å². The molecule has 0 bridgehead atoms. The lowest BCUT2D eigenvalue weighted by Gasteiger charge is -2.16. The summed E-state index contributed by atoms with van der Waals surface area (Å²) in [4.78, 5) is 23.5. The van der Waals surface area contributed by atoms with Crippen molar-refractivity contribution < 1.29 is 19.4 Å². The summed E-state index contributed by atoms with van der Waals surface area (Å²) in [5.41, 5.74) is 1.54. The highest BCUT2D eigenvalue weighted by atomic mass is 16.5. The van der Waals surface area contributed by atoms with Crippen LogP contribution in [0.5, 0.6) is 5.75 Å². The summed E-state index contributed by atoms with van der Waals surface area (Å²) in [5, 5.41) is 9.04. The third-order valence-corrected chi connectivity index (χ3v) is 4.50. The van der Waals surface area contributed by atoms with Crippen LogP contribution in [-0.2, 0) is 11.2 Å². The van der Waals surface area contributed by atoms with Gasteiger partial charge in [0.15, 0.2) is 5.78 Å². The molecule has 1 aliphatic heterocycles. The number of carboxylic acids is 1. The van der Waals surface area contributed by atoms with Crippen LogP contribution in [0.2, 0.25) is 0 Å². The number of benzene rings is 1. The van der Waals surface area contributed by atoms with Gasteiger partial charge in [-0.05, 0) is 56.9 Å². The molecule has 2 atom stereocenters. The molecule has 3 rings (SSSR count). The summed E-state index contributed by atoms with van der Waals surface area (Å²) < 4.78 is 5.81. The lowest BCUT2D eigenvalue weighted by molar-refractivity contribution is -0.141. The van der Waals surface area contributed by atoms with Gasteiger partial charge in [0, 0.05) is 17.9 Å². The van der Waals surface area contributed by atoms with Crippen molar-refractivity contribution in [3.63, 3.8) is 0 Å². The van der Waals surface area contributed by atoms with Crippen molar-refractivity contribution >= 4 is 11.8 Å². The highest BCUT2D eigenvalue weighted by Gasteiger charge is 2.35. The van der Waals surface area contributed by atoms with E-state index in [0.717, 1.165) is 17.7 Å². The molecule has 112 valence electrons. The van der Waals surface area contributed by atoms with Crippen LogP contribution in [0.25, 0.3) is 0 Å². The monoisotopic (exact) mass is 288 g/mol. The van der Waals surface area contributed by atoms with Crippen LogP contribution in [0.3, 0.4) is 0 Å². The van der Waals surface area contributed by atoms with Gasteiger partial charge in [-0.1, -0.05) is 0 Å². The molecule has 21 heavy (non-hydrogen) atoms. The van der Waals surface area contributed by atoms with E-state index in [-0.39, 0.29) is 23.2 Å². The highest BCUT2D eigenvalue weighted by Crippen LogP contribution is 2.37. The maximum absolute atomic E-state index is 12.5. The van der Waals surface area contributed by atoms with Crippen molar-refractivity contribution in [1.29, 1.82) is 0 Å². The van der Waals surface area contributed by atoms with Gasteiger partial charge in [-0.2, -0.15) is 0 Å². The number of Topliss-reactive ketones (excluding diaryl/α,β-unsaturated/α-hetero) is 1. The van der Waals surface area contributed by atoms with Crippen LogP contribution < -0.4 is 4.74 Å². The van der Waals surface area contributed by atoms with Crippen molar-refractivity contribution in [3.05, 3.63) is 29.3 Å². The molecule has 1 heterocycles. The minimum atomic E-state index is -0.783. The molecule has 0 aromatic heterocycles. The minimum Gasteiger partial charge on any atom is -0.487 e. The zero-order chi connectivity index (χ0) is 15.2. The number of aliphatic carboxylic acids is 1. The molecule has 0 amide bonds. The Morgan fingerprint density at radius 2 is 1.95 bits per heavy atom. The zero-order valence-corrected chi connectivity index (χ0v) is 12.4. The van der Waals surface area contributed by atoms with E-state index in [4.69, 9.17) is 9.84 Å². The zero-order valence-electron chi connectivity index (χ0n) is 12.4. The summed E-state index contributed by atoms with van der Waals surface area (Å²) in [5.74, 6) is -0.373. The lowest BCUT2D eigenvalue weighted by Crippen LogP contribution is -2.24. The summed E-state index contributed by atoms with van der Waals surface area (Å²) in [6.07, 6.45) is 2.54. The van der Waals surface area contributed by atoms with E-state index < -0.39 is 5.97 Å². The van der Waals surface area contributed by atoms with Crippen molar-refractivity contribution in [2.45, 2.75) is 45.1 Å². The summed E-state index contributed by atoms with van der Waals surface area (Å²) >= 11 is 0. The molecule has 1 aliphatic carbocycles. The second kappa shape index (κ2) is 4.86. The van der Waals surface area contributed by atoms with Gasteiger partial charge in [0.2, 0.25) is 0 Å². The van der Waals surface area contributed by atoms with Gasteiger partial charge >= 0.3 is 5.97 Å². The third-order valence-electron chi connectivity index (χ3n) is 4.50. The van der Waals surface area contributed by atoms with Gasteiger partial charge in [-0.3, -0.25) is 9.59 Å². The van der Waals surface area contributed by atoms with Crippen LogP contribution in [0.15, 0.2) is 18.2 Å². The molecule has 0 spiro atoms. The molecule has 4 nitrogen and oxygen atoms in total. The van der Waals surface area contributed by atoms with E-state index in [1.54, 1.807) is 6.07 Å². The number of hydrogen-bond donors (Lipinski definition) is 1. The highest BCUT2D eigenvalue weighted by molar-refractivity contribution is 5.98. The number of hydrogen-bond acceptors (Lipinski definition) is 3. The van der Waals surface area contributed by atoms with Gasteiger partial charge in [-0.25, -0.2) is 0 Å². The Balaban J connectivity index is 1.77. The molecule has 2 unspecified atom stereocenters. The smallest absolute Gasteiger partial charge is 0.306 e. The molecule has 4 heteroatoms. The minimum absolute atomic E-state index is 0.0752. The van der Waals surface area contributed by atoms with Gasteiger partial charge in [0.1, 0.15) is 11.4 Å². The Kier molecular flexibility index (Phi) is 3.27. The average Bonchev–Trinajstić information content (AvgIpc) is 2.99.